The third-order valence-corrected chi connectivity index (χ3v) is 6.28. The van der Waals surface area contributed by atoms with Gasteiger partial charge in [0.25, 0.3) is 5.91 Å². The van der Waals surface area contributed by atoms with Crippen LogP contribution < -0.4 is 10.6 Å². The summed E-state index contributed by atoms with van der Waals surface area (Å²) < 4.78 is 1.77. The molecule has 0 saturated carbocycles. The lowest BCUT2D eigenvalue weighted by Gasteiger charge is -2.14. The predicted molar refractivity (Wildman–Crippen MR) is 124 cm³/mol. The standard InChI is InChI=1S/C22H24ClN5O2S/c1-13-8-7-11-18(14(13)2)25-19(29)12-31-22-27-26-20(28(22)4)15(3)24-21(30)16-9-5-6-10-17(16)23/h5-11,15H,12H2,1-4H3,(H,24,30)(H,25,29)/t15-/m1/s1. The summed E-state index contributed by atoms with van der Waals surface area (Å²) in [6.45, 7) is 5.80. The molecule has 3 aromatic rings. The van der Waals surface area contributed by atoms with E-state index in [1.54, 1.807) is 35.9 Å². The Balaban J connectivity index is 1.60. The van der Waals surface area contributed by atoms with E-state index in [1.807, 2.05) is 39.0 Å². The van der Waals surface area contributed by atoms with Crippen molar-refractivity contribution < 1.29 is 9.59 Å². The van der Waals surface area contributed by atoms with Gasteiger partial charge in [-0.1, -0.05) is 47.6 Å². The Morgan fingerprint density at radius 2 is 1.87 bits per heavy atom. The van der Waals surface area contributed by atoms with Gasteiger partial charge >= 0.3 is 0 Å². The van der Waals surface area contributed by atoms with Crippen molar-refractivity contribution in [3.05, 3.63) is 70.0 Å². The topological polar surface area (TPSA) is 88.9 Å². The molecule has 0 unspecified atom stereocenters. The number of nitrogens with zero attached hydrogens (tertiary/aromatic N) is 3. The molecular weight excluding hydrogens is 434 g/mol. The van der Waals surface area contributed by atoms with Gasteiger partial charge in [0, 0.05) is 12.7 Å². The van der Waals surface area contributed by atoms with Crippen molar-refractivity contribution in [2.75, 3.05) is 11.1 Å². The Labute approximate surface area is 190 Å². The smallest absolute Gasteiger partial charge is 0.253 e. The third-order valence-electron chi connectivity index (χ3n) is 4.93. The Hall–Kier alpha value is -2.84. The molecule has 0 fully saturated rings. The molecule has 1 atom stereocenters. The zero-order valence-corrected chi connectivity index (χ0v) is 19.3. The summed E-state index contributed by atoms with van der Waals surface area (Å²) in [5.74, 6) is 0.365. The predicted octanol–water partition coefficient (Wildman–Crippen LogP) is 4.31. The fourth-order valence-electron chi connectivity index (χ4n) is 3.02. The molecule has 0 bridgehead atoms. The lowest BCUT2D eigenvalue weighted by molar-refractivity contribution is -0.113. The number of benzene rings is 2. The molecule has 0 aliphatic rings. The number of thioether (sulfide) groups is 1. The van der Waals surface area contributed by atoms with Crippen LogP contribution in [0.25, 0.3) is 0 Å². The van der Waals surface area contributed by atoms with Crippen LogP contribution in [0, 0.1) is 13.8 Å². The number of hydrogen-bond acceptors (Lipinski definition) is 5. The summed E-state index contributed by atoms with van der Waals surface area (Å²) in [6, 6.07) is 12.3. The van der Waals surface area contributed by atoms with Crippen molar-refractivity contribution >= 4 is 40.9 Å². The summed E-state index contributed by atoms with van der Waals surface area (Å²) in [5.41, 5.74) is 3.37. The van der Waals surface area contributed by atoms with Crippen LogP contribution in [0.4, 0.5) is 5.69 Å². The molecule has 2 amide bonds. The minimum Gasteiger partial charge on any atom is -0.342 e. The summed E-state index contributed by atoms with van der Waals surface area (Å²) in [4.78, 5) is 24.9. The quantitative estimate of drug-likeness (QED) is 0.516. The molecule has 9 heteroatoms. The first-order valence-electron chi connectivity index (χ1n) is 9.71. The van der Waals surface area contributed by atoms with E-state index in [-0.39, 0.29) is 23.6 Å². The Morgan fingerprint density at radius 3 is 2.61 bits per heavy atom. The van der Waals surface area contributed by atoms with Crippen molar-refractivity contribution in [3.63, 3.8) is 0 Å². The molecule has 162 valence electrons. The van der Waals surface area contributed by atoms with Crippen LogP contribution in [-0.2, 0) is 11.8 Å². The third kappa shape index (κ3) is 5.45. The maximum Gasteiger partial charge on any atom is 0.253 e. The van der Waals surface area contributed by atoms with Gasteiger partial charge in [0.1, 0.15) is 0 Å². The van der Waals surface area contributed by atoms with Crippen LogP contribution in [-0.4, -0.2) is 32.3 Å². The van der Waals surface area contributed by atoms with Crippen molar-refractivity contribution in [1.29, 1.82) is 0 Å². The van der Waals surface area contributed by atoms with E-state index in [4.69, 9.17) is 11.6 Å². The molecule has 2 aromatic carbocycles. The molecule has 0 spiro atoms. The molecular formula is C22H24ClN5O2S. The maximum absolute atomic E-state index is 12.5. The second-order valence-corrected chi connectivity index (χ2v) is 8.51. The van der Waals surface area contributed by atoms with Crippen LogP contribution in [0.15, 0.2) is 47.6 Å². The zero-order chi connectivity index (χ0) is 22.5. The van der Waals surface area contributed by atoms with Gasteiger partial charge in [-0.15, -0.1) is 10.2 Å². The van der Waals surface area contributed by atoms with Crippen molar-refractivity contribution in [2.45, 2.75) is 32.0 Å². The number of hydrogen-bond donors (Lipinski definition) is 2. The number of anilines is 1. The molecule has 0 saturated heterocycles. The van der Waals surface area contributed by atoms with E-state index >= 15 is 0 Å². The largest absolute Gasteiger partial charge is 0.342 e. The minimum absolute atomic E-state index is 0.122. The number of halogens is 1. The molecule has 1 heterocycles. The Kier molecular flexibility index (Phi) is 7.35. The number of carbonyl (C=O) groups excluding carboxylic acids is 2. The number of rotatable bonds is 7. The first-order chi connectivity index (χ1) is 14.8. The van der Waals surface area contributed by atoms with E-state index in [1.165, 1.54) is 11.8 Å². The molecule has 0 aliphatic carbocycles. The van der Waals surface area contributed by atoms with Crippen LogP contribution >= 0.6 is 23.4 Å². The van der Waals surface area contributed by atoms with Gasteiger partial charge < -0.3 is 15.2 Å². The van der Waals surface area contributed by atoms with E-state index in [9.17, 15) is 9.59 Å². The normalized spacial score (nSPS) is 11.8. The second kappa shape index (κ2) is 9.98. The van der Waals surface area contributed by atoms with Gasteiger partial charge in [0.05, 0.1) is 22.4 Å². The average molecular weight is 458 g/mol. The molecule has 0 radical (unpaired) electrons. The summed E-state index contributed by atoms with van der Waals surface area (Å²) in [5, 5.41) is 15.1. The highest BCUT2D eigenvalue weighted by atomic mass is 35.5. The number of amides is 2. The number of carbonyl (C=O) groups is 2. The minimum atomic E-state index is -0.389. The zero-order valence-electron chi connectivity index (χ0n) is 17.8. The molecule has 2 N–H and O–H groups in total. The Morgan fingerprint density at radius 1 is 1.13 bits per heavy atom. The number of nitrogens with one attached hydrogen (secondary N) is 2. The molecule has 1 aromatic heterocycles. The highest BCUT2D eigenvalue weighted by molar-refractivity contribution is 7.99. The SMILES string of the molecule is Cc1cccc(NC(=O)CSc2nnc([C@@H](C)NC(=O)c3ccccc3Cl)n2C)c1C. The summed E-state index contributed by atoms with van der Waals surface area (Å²) in [7, 11) is 1.80. The van der Waals surface area contributed by atoms with Crippen LogP contribution in [0.3, 0.4) is 0 Å². The molecule has 0 aliphatic heterocycles. The summed E-state index contributed by atoms with van der Waals surface area (Å²) in [6.07, 6.45) is 0. The highest BCUT2D eigenvalue weighted by Crippen LogP contribution is 2.22. The lowest BCUT2D eigenvalue weighted by Crippen LogP contribution is -2.28. The van der Waals surface area contributed by atoms with Gasteiger partial charge in [-0.05, 0) is 50.1 Å². The molecule has 3 rings (SSSR count). The van der Waals surface area contributed by atoms with Crippen molar-refractivity contribution in [3.8, 4) is 0 Å². The fraction of sp³-hybridized carbons (Fsp3) is 0.273. The average Bonchev–Trinajstić information content (AvgIpc) is 3.10. The van der Waals surface area contributed by atoms with E-state index in [0.29, 0.717) is 21.6 Å². The van der Waals surface area contributed by atoms with Crippen LogP contribution in [0.2, 0.25) is 5.02 Å². The van der Waals surface area contributed by atoms with Gasteiger partial charge in [-0.25, -0.2) is 0 Å². The van der Waals surface area contributed by atoms with Crippen molar-refractivity contribution in [2.24, 2.45) is 7.05 Å². The van der Waals surface area contributed by atoms with Gasteiger partial charge in [0.15, 0.2) is 11.0 Å². The van der Waals surface area contributed by atoms with Crippen LogP contribution in [0.5, 0.6) is 0 Å². The Bertz CT molecular complexity index is 1120. The number of aromatic nitrogens is 3. The maximum atomic E-state index is 12.5. The molecule has 7 nitrogen and oxygen atoms in total. The van der Waals surface area contributed by atoms with E-state index < -0.39 is 0 Å². The fourth-order valence-corrected chi connectivity index (χ4v) is 3.96. The highest BCUT2D eigenvalue weighted by Gasteiger charge is 2.20. The van der Waals surface area contributed by atoms with E-state index in [2.05, 4.69) is 20.8 Å². The van der Waals surface area contributed by atoms with Crippen molar-refractivity contribution in [1.82, 2.24) is 20.1 Å². The van der Waals surface area contributed by atoms with Gasteiger partial charge in [0.2, 0.25) is 5.91 Å². The van der Waals surface area contributed by atoms with Gasteiger partial charge in [-0.2, -0.15) is 0 Å². The van der Waals surface area contributed by atoms with E-state index in [0.717, 1.165) is 16.8 Å². The lowest BCUT2D eigenvalue weighted by atomic mass is 10.1. The second-order valence-electron chi connectivity index (χ2n) is 7.16. The first kappa shape index (κ1) is 22.8. The van der Waals surface area contributed by atoms with Crippen LogP contribution in [0.1, 0.15) is 40.3 Å². The first-order valence-corrected chi connectivity index (χ1v) is 11.1. The number of aryl methyl sites for hydroxylation is 1. The molecule has 31 heavy (non-hydrogen) atoms. The summed E-state index contributed by atoms with van der Waals surface area (Å²) >= 11 is 7.38. The monoisotopic (exact) mass is 457 g/mol. The van der Waals surface area contributed by atoms with Gasteiger partial charge in [-0.3, -0.25) is 9.59 Å².